The summed E-state index contributed by atoms with van der Waals surface area (Å²) in [5.74, 6) is 0.754. The van der Waals surface area contributed by atoms with Crippen LogP contribution in [-0.2, 0) is 17.9 Å². The molecule has 0 aliphatic carbocycles. The number of anilines is 1. The first-order valence-corrected chi connectivity index (χ1v) is 11.0. The van der Waals surface area contributed by atoms with Crippen molar-refractivity contribution >= 4 is 35.6 Å². The average molecular weight is 576 g/mol. The van der Waals surface area contributed by atoms with Gasteiger partial charge in [-0.2, -0.15) is 13.2 Å². The number of benzene rings is 2. The molecule has 2 N–H and O–H groups in total. The molecule has 0 spiro atoms. The summed E-state index contributed by atoms with van der Waals surface area (Å²) in [6.07, 6.45) is -2.28. The van der Waals surface area contributed by atoms with Crippen LogP contribution in [0.4, 0.5) is 18.9 Å². The van der Waals surface area contributed by atoms with Gasteiger partial charge in [-0.15, -0.1) is 24.0 Å². The molecule has 0 radical (unpaired) electrons. The predicted molar refractivity (Wildman–Crippen MR) is 137 cm³/mol. The highest BCUT2D eigenvalue weighted by Crippen LogP contribution is 2.19. The molecule has 2 aromatic carbocycles. The molecule has 0 aromatic heterocycles. The number of para-hydroxylation sites is 1. The van der Waals surface area contributed by atoms with Gasteiger partial charge in [-0.3, -0.25) is 0 Å². The van der Waals surface area contributed by atoms with Crippen molar-refractivity contribution in [3.63, 3.8) is 0 Å². The van der Waals surface area contributed by atoms with Crippen LogP contribution in [0.15, 0.2) is 59.6 Å². The fourth-order valence-electron chi connectivity index (χ4n) is 3.71. The summed E-state index contributed by atoms with van der Waals surface area (Å²) in [6, 6.07) is 18.1. The summed E-state index contributed by atoms with van der Waals surface area (Å²) >= 11 is 0. The zero-order valence-corrected chi connectivity index (χ0v) is 21.1. The Morgan fingerprint density at radius 3 is 2.42 bits per heavy atom. The number of guanidine groups is 1. The van der Waals surface area contributed by atoms with Crippen LogP contribution in [0.3, 0.4) is 0 Å². The van der Waals surface area contributed by atoms with Gasteiger partial charge in [0.05, 0.1) is 13.2 Å². The molecule has 5 nitrogen and oxygen atoms in total. The summed E-state index contributed by atoms with van der Waals surface area (Å²) in [4.78, 5) is 7.07. The van der Waals surface area contributed by atoms with Gasteiger partial charge in [-0.25, -0.2) is 4.99 Å². The van der Waals surface area contributed by atoms with Crippen molar-refractivity contribution in [1.29, 1.82) is 0 Å². The van der Waals surface area contributed by atoms with Gasteiger partial charge in [-0.05, 0) is 43.0 Å². The third kappa shape index (κ3) is 9.79. The zero-order valence-electron chi connectivity index (χ0n) is 18.8. The van der Waals surface area contributed by atoms with Gasteiger partial charge in [0.15, 0.2) is 5.96 Å². The van der Waals surface area contributed by atoms with Crippen LogP contribution in [0.25, 0.3) is 0 Å². The first kappa shape index (κ1) is 27.2. The van der Waals surface area contributed by atoms with Crippen LogP contribution in [0.2, 0.25) is 0 Å². The van der Waals surface area contributed by atoms with E-state index in [9.17, 15) is 13.2 Å². The molecule has 0 saturated carbocycles. The highest BCUT2D eigenvalue weighted by Gasteiger charge is 2.27. The molecule has 33 heavy (non-hydrogen) atoms. The Bertz CT molecular complexity index is 856. The molecule has 2 aromatic rings. The number of ether oxygens (including phenoxy) is 1. The van der Waals surface area contributed by atoms with Crippen molar-refractivity contribution in [3.8, 4) is 0 Å². The summed E-state index contributed by atoms with van der Waals surface area (Å²) in [7, 11) is 0. The Morgan fingerprint density at radius 1 is 1.06 bits per heavy atom. The average Bonchev–Trinajstić information content (AvgIpc) is 2.78. The van der Waals surface area contributed by atoms with E-state index in [-0.39, 0.29) is 30.6 Å². The first-order chi connectivity index (χ1) is 15.4. The maximum absolute atomic E-state index is 12.3. The number of rotatable bonds is 8. The van der Waals surface area contributed by atoms with Crippen LogP contribution in [0.5, 0.6) is 0 Å². The minimum atomic E-state index is -4.31. The number of hydrogen-bond donors (Lipinski definition) is 2. The molecule has 0 bridgehead atoms. The molecular weight excluding hydrogens is 544 g/mol. The molecule has 1 saturated heterocycles. The Kier molecular flexibility index (Phi) is 11.3. The van der Waals surface area contributed by atoms with E-state index in [1.165, 1.54) is 5.69 Å². The minimum absolute atomic E-state index is 0. The molecule has 0 atom stereocenters. The number of hydrogen-bond acceptors (Lipinski definition) is 3. The normalized spacial score (nSPS) is 15.2. The number of aliphatic imine (C=N–C) groups is 1. The Hall–Kier alpha value is -2.01. The fourth-order valence-corrected chi connectivity index (χ4v) is 3.71. The van der Waals surface area contributed by atoms with Crippen molar-refractivity contribution in [3.05, 3.63) is 65.7 Å². The minimum Gasteiger partial charge on any atom is -0.371 e. The highest BCUT2D eigenvalue weighted by molar-refractivity contribution is 14.0. The zero-order chi connectivity index (χ0) is 22.8. The van der Waals surface area contributed by atoms with E-state index in [4.69, 9.17) is 4.74 Å². The lowest BCUT2D eigenvalue weighted by atomic mass is 10.0. The highest BCUT2D eigenvalue weighted by atomic mass is 127. The third-order valence-corrected chi connectivity index (χ3v) is 5.25. The van der Waals surface area contributed by atoms with Gasteiger partial charge >= 0.3 is 6.18 Å². The summed E-state index contributed by atoms with van der Waals surface area (Å²) in [5.41, 5.74) is 2.88. The van der Waals surface area contributed by atoms with Crippen molar-refractivity contribution in [2.24, 2.45) is 4.99 Å². The van der Waals surface area contributed by atoms with Crippen LogP contribution in [-0.4, -0.2) is 44.4 Å². The molecular formula is C24H32F3IN4O. The lowest BCUT2D eigenvalue weighted by molar-refractivity contribution is -0.176. The van der Waals surface area contributed by atoms with Gasteiger partial charge < -0.3 is 20.3 Å². The third-order valence-electron chi connectivity index (χ3n) is 5.25. The van der Waals surface area contributed by atoms with Crippen LogP contribution in [0, 0.1) is 0 Å². The second kappa shape index (κ2) is 13.6. The summed E-state index contributed by atoms with van der Waals surface area (Å²) in [5, 5.41) is 6.81. The maximum Gasteiger partial charge on any atom is 0.411 e. The molecule has 182 valence electrons. The SMILES string of the molecule is CCNC(=NCc1cccc(COCC(F)(F)F)c1)NC1CCN(c2ccccc2)CC1.I. The van der Waals surface area contributed by atoms with E-state index < -0.39 is 12.8 Å². The second-order valence-electron chi connectivity index (χ2n) is 7.86. The van der Waals surface area contributed by atoms with Gasteiger partial charge in [0.25, 0.3) is 0 Å². The molecule has 1 heterocycles. The van der Waals surface area contributed by atoms with Gasteiger partial charge in [0.1, 0.15) is 6.61 Å². The Balaban J connectivity index is 0.00000385. The van der Waals surface area contributed by atoms with Crippen LogP contribution >= 0.6 is 24.0 Å². The molecule has 9 heteroatoms. The number of alkyl halides is 3. The van der Waals surface area contributed by atoms with Crippen molar-refractivity contribution in [1.82, 2.24) is 10.6 Å². The largest absolute Gasteiger partial charge is 0.411 e. The monoisotopic (exact) mass is 576 g/mol. The lowest BCUT2D eigenvalue weighted by Crippen LogP contribution is -2.48. The fraction of sp³-hybridized carbons (Fsp3) is 0.458. The topological polar surface area (TPSA) is 48.9 Å². The predicted octanol–water partition coefficient (Wildman–Crippen LogP) is 5.11. The van der Waals surface area contributed by atoms with E-state index in [0.29, 0.717) is 18.2 Å². The number of nitrogens with zero attached hydrogens (tertiary/aromatic N) is 2. The first-order valence-electron chi connectivity index (χ1n) is 11.0. The molecule has 0 unspecified atom stereocenters. The molecule has 1 aliphatic rings. The molecule has 0 amide bonds. The van der Waals surface area contributed by atoms with Crippen LogP contribution in [0.1, 0.15) is 30.9 Å². The van der Waals surface area contributed by atoms with Gasteiger partial charge in [0.2, 0.25) is 0 Å². The number of halogens is 4. The molecule has 1 aliphatic heterocycles. The number of nitrogens with one attached hydrogen (secondary N) is 2. The Labute approximate surface area is 210 Å². The molecule has 1 fully saturated rings. The van der Waals surface area contributed by atoms with Gasteiger partial charge in [-0.1, -0.05) is 42.5 Å². The molecule has 3 rings (SSSR count). The van der Waals surface area contributed by atoms with E-state index in [2.05, 4.69) is 44.8 Å². The van der Waals surface area contributed by atoms with E-state index in [1.807, 2.05) is 31.2 Å². The van der Waals surface area contributed by atoms with Crippen molar-refractivity contribution in [2.75, 3.05) is 31.1 Å². The van der Waals surface area contributed by atoms with E-state index in [1.54, 1.807) is 6.07 Å². The quantitative estimate of drug-likeness (QED) is 0.261. The van der Waals surface area contributed by atoms with E-state index >= 15 is 0 Å². The van der Waals surface area contributed by atoms with E-state index in [0.717, 1.165) is 44.0 Å². The maximum atomic E-state index is 12.3. The van der Waals surface area contributed by atoms with Gasteiger partial charge in [0, 0.05) is 31.4 Å². The van der Waals surface area contributed by atoms with Crippen LogP contribution < -0.4 is 15.5 Å². The Morgan fingerprint density at radius 2 is 1.76 bits per heavy atom. The summed E-state index contributed by atoms with van der Waals surface area (Å²) < 4.78 is 41.5. The van der Waals surface area contributed by atoms with Crippen molar-refractivity contribution < 1.29 is 17.9 Å². The smallest absolute Gasteiger partial charge is 0.371 e. The standard InChI is InChI=1S/C24H31F3N4O.HI/c1-2-28-23(30-21-11-13-31(14-12-21)22-9-4-3-5-10-22)29-16-19-7-6-8-20(15-19)17-32-18-24(25,26)27;/h3-10,15,21H,2,11-14,16-18H2,1H3,(H2,28,29,30);1H. The summed E-state index contributed by atoms with van der Waals surface area (Å²) in [6.45, 7) is 3.86. The van der Waals surface area contributed by atoms with Crippen molar-refractivity contribution in [2.45, 2.75) is 45.1 Å². The lowest BCUT2D eigenvalue weighted by Gasteiger charge is -2.34. The number of piperidine rings is 1. The second-order valence-corrected chi connectivity index (χ2v) is 7.86.